The number of nitriles is 1. The lowest BCUT2D eigenvalue weighted by molar-refractivity contribution is 0.324. The molecule has 0 amide bonds. The van der Waals surface area contributed by atoms with Gasteiger partial charge in [0.2, 0.25) is 0 Å². The molecule has 1 aromatic carbocycles. The summed E-state index contributed by atoms with van der Waals surface area (Å²) in [6, 6.07) is 8.91. The van der Waals surface area contributed by atoms with Crippen LogP contribution in [0.2, 0.25) is 0 Å². The van der Waals surface area contributed by atoms with Crippen LogP contribution in [0.3, 0.4) is 0 Å². The molecule has 1 aliphatic rings. The van der Waals surface area contributed by atoms with Crippen LogP contribution in [-0.2, 0) is 5.41 Å². The van der Waals surface area contributed by atoms with Crippen LogP contribution in [0.15, 0.2) is 30.6 Å². The average Bonchev–Trinajstić information content (AvgIpc) is 2.87. The maximum absolute atomic E-state index is 9.40. The second kappa shape index (κ2) is 3.33. The van der Waals surface area contributed by atoms with Crippen LogP contribution in [0.25, 0.3) is 15.2 Å². The van der Waals surface area contributed by atoms with E-state index >= 15 is 0 Å². The molecule has 2 aromatic heterocycles. The fourth-order valence-corrected chi connectivity index (χ4v) is 3.76. The fourth-order valence-electron chi connectivity index (χ4n) is 2.73. The molecule has 1 fully saturated rings. The molecule has 0 unspecified atom stereocenters. The van der Waals surface area contributed by atoms with E-state index < -0.39 is 0 Å². The predicted molar refractivity (Wildman–Crippen MR) is 71.7 cm³/mol. The van der Waals surface area contributed by atoms with E-state index in [0.717, 1.165) is 17.8 Å². The van der Waals surface area contributed by atoms with Crippen molar-refractivity contribution in [2.24, 2.45) is 0 Å². The van der Waals surface area contributed by atoms with Gasteiger partial charge in [0.05, 0.1) is 21.7 Å². The van der Waals surface area contributed by atoms with E-state index in [2.05, 4.69) is 33.7 Å². The maximum atomic E-state index is 9.40. The minimum absolute atomic E-state index is 0.222. The third-order valence-corrected chi connectivity index (χ3v) is 5.03. The molecule has 3 nitrogen and oxygen atoms in total. The highest BCUT2D eigenvalue weighted by Crippen LogP contribution is 2.44. The fraction of sp³-hybridized carbons (Fsp3) is 0.286. The van der Waals surface area contributed by atoms with Gasteiger partial charge < -0.3 is 0 Å². The van der Waals surface area contributed by atoms with Crippen molar-refractivity contribution in [1.29, 1.82) is 5.26 Å². The molecule has 0 atom stereocenters. The lowest BCUT2D eigenvalue weighted by atomic mass is 9.65. The lowest BCUT2D eigenvalue weighted by Gasteiger charge is -2.35. The topological polar surface area (TPSA) is 41.1 Å². The highest BCUT2D eigenvalue weighted by molar-refractivity contribution is 7.23. The molecule has 4 heteroatoms. The zero-order chi connectivity index (χ0) is 12.2. The van der Waals surface area contributed by atoms with E-state index in [-0.39, 0.29) is 5.41 Å². The number of nitrogens with zero attached hydrogens (tertiary/aromatic N) is 3. The Balaban J connectivity index is 1.96. The van der Waals surface area contributed by atoms with Crippen molar-refractivity contribution >= 4 is 26.5 Å². The number of thiazole rings is 1. The standard InChI is InChI=1S/C14H11N3S/c15-9-14(4-1-5-14)10-2-3-11-12(8-10)18-13-16-6-7-17(11)13/h2-3,6-8H,1,4-5H2. The van der Waals surface area contributed by atoms with Gasteiger partial charge in [0.1, 0.15) is 0 Å². The SMILES string of the molecule is N#CC1(c2ccc3c(c2)sc2nccn23)CCC1. The van der Waals surface area contributed by atoms with Crippen molar-refractivity contribution in [3.63, 3.8) is 0 Å². The summed E-state index contributed by atoms with van der Waals surface area (Å²) in [6.45, 7) is 0. The molecule has 0 spiro atoms. The van der Waals surface area contributed by atoms with Crippen LogP contribution in [0.5, 0.6) is 0 Å². The van der Waals surface area contributed by atoms with E-state index in [1.807, 2.05) is 12.4 Å². The summed E-state index contributed by atoms with van der Waals surface area (Å²) in [4.78, 5) is 5.33. The highest BCUT2D eigenvalue weighted by atomic mass is 32.1. The molecule has 18 heavy (non-hydrogen) atoms. The Hall–Kier alpha value is -1.86. The Morgan fingerprint density at radius 3 is 3.00 bits per heavy atom. The second-order valence-electron chi connectivity index (χ2n) is 4.91. The van der Waals surface area contributed by atoms with Crippen LogP contribution >= 0.6 is 11.3 Å². The number of hydrogen-bond donors (Lipinski definition) is 0. The van der Waals surface area contributed by atoms with Gasteiger partial charge in [0.15, 0.2) is 4.96 Å². The number of hydrogen-bond acceptors (Lipinski definition) is 3. The van der Waals surface area contributed by atoms with Crippen molar-refractivity contribution in [3.05, 3.63) is 36.2 Å². The number of rotatable bonds is 1. The Labute approximate surface area is 108 Å². The van der Waals surface area contributed by atoms with Gasteiger partial charge in [0, 0.05) is 12.4 Å². The predicted octanol–water partition coefficient (Wildman–Crippen LogP) is 3.49. The van der Waals surface area contributed by atoms with Gasteiger partial charge in [-0.25, -0.2) is 4.98 Å². The summed E-state index contributed by atoms with van der Waals surface area (Å²) < 4.78 is 3.32. The molecule has 88 valence electrons. The summed E-state index contributed by atoms with van der Waals surface area (Å²) in [5, 5.41) is 9.40. The van der Waals surface area contributed by atoms with E-state index in [9.17, 15) is 5.26 Å². The van der Waals surface area contributed by atoms with Gasteiger partial charge in [0.25, 0.3) is 0 Å². The first-order chi connectivity index (χ1) is 8.82. The van der Waals surface area contributed by atoms with Gasteiger partial charge >= 0.3 is 0 Å². The second-order valence-corrected chi connectivity index (χ2v) is 5.92. The number of benzene rings is 1. The minimum atomic E-state index is -0.222. The Bertz CT molecular complexity index is 786. The first-order valence-corrected chi connectivity index (χ1v) is 6.91. The zero-order valence-electron chi connectivity index (χ0n) is 9.76. The van der Waals surface area contributed by atoms with Gasteiger partial charge in [-0.1, -0.05) is 17.4 Å². The molecule has 0 radical (unpaired) electrons. The van der Waals surface area contributed by atoms with Crippen LogP contribution in [-0.4, -0.2) is 9.38 Å². The van der Waals surface area contributed by atoms with Gasteiger partial charge in [-0.05, 0) is 37.0 Å². The normalized spacial score (nSPS) is 17.7. The van der Waals surface area contributed by atoms with Crippen molar-refractivity contribution < 1.29 is 0 Å². The van der Waals surface area contributed by atoms with Gasteiger partial charge in [-0.3, -0.25) is 4.40 Å². The van der Waals surface area contributed by atoms with Crippen LogP contribution < -0.4 is 0 Å². The Kier molecular flexibility index (Phi) is 1.87. The molecule has 0 N–H and O–H groups in total. The van der Waals surface area contributed by atoms with E-state index in [4.69, 9.17) is 0 Å². The van der Waals surface area contributed by atoms with E-state index in [1.54, 1.807) is 11.3 Å². The molecule has 0 bridgehead atoms. The van der Waals surface area contributed by atoms with Crippen LogP contribution in [0.4, 0.5) is 0 Å². The summed E-state index contributed by atoms with van der Waals surface area (Å²) in [5.74, 6) is 0. The largest absolute Gasteiger partial charge is 0.290 e. The molecule has 1 aliphatic carbocycles. The first-order valence-electron chi connectivity index (χ1n) is 6.10. The molecule has 1 saturated carbocycles. The number of aromatic nitrogens is 2. The zero-order valence-corrected chi connectivity index (χ0v) is 10.6. The third-order valence-electron chi connectivity index (χ3n) is 4.00. The Morgan fingerprint density at radius 2 is 2.28 bits per heavy atom. The molecule has 3 aromatic rings. The Morgan fingerprint density at radius 1 is 1.39 bits per heavy atom. The van der Waals surface area contributed by atoms with Crippen LogP contribution in [0, 0.1) is 11.3 Å². The van der Waals surface area contributed by atoms with Gasteiger partial charge in [-0.15, -0.1) is 0 Å². The van der Waals surface area contributed by atoms with Crippen LogP contribution in [0.1, 0.15) is 24.8 Å². The van der Waals surface area contributed by atoms with Crippen molar-refractivity contribution in [2.75, 3.05) is 0 Å². The summed E-state index contributed by atoms with van der Waals surface area (Å²) >= 11 is 1.69. The molecule has 2 heterocycles. The monoisotopic (exact) mass is 253 g/mol. The highest BCUT2D eigenvalue weighted by Gasteiger charge is 2.39. The van der Waals surface area contributed by atoms with Crippen molar-refractivity contribution in [2.45, 2.75) is 24.7 Å². The quantitative estimate of drug-likeness (QED) is 0.666. The average molecular weight is 253 g/mol. The molecular formula is C14H11N3S. The van der Waals surface area contributed by atoms with Gasteiger partial charge in [-0.2, -0.15) is 5.26 Å². The lowest BCUT2D eigenvalue weighted by Crippen LogP contribution is -2.32. The first kappa shape index (κ1) is 10.1. The maximum Gasteiger partial charge on any atom is 0.194 e. The molecule has 0 saturated heterocycles. The summed E-state index contributed by atoms with van der Waals surface area (Å²) in [6.07, 6.45) is 6.97. The number of imidazole rings is 1. The molecule has 0 aliphatic heterocycles. The molecular weight excluding hydrogens is 242 g/mol. The minimum Gasteiger partial charge on any atom is -0.290 e. The number of fused-ring (bicyclic) bond motifs is 3. The smallest absolute Gasteiger partial charge is 0.194 e. The third kappa shape index (κ3) is 1.15. The summed E-state index contributed by atoms with van der Waals surface area (Å²) in [5.41, 5.74) is 2.14. The molecule has 4 rings (SSSR count). The van der Waals surface area contributed by atoms with Crippen molar-refractivity contribution in [1.82, 2.24) is 9.38 Å². The van der Waals surface area contributed by atoms with Crippen molar-refractivity contribution in [3.8, 4) is 6.07 Å². The van der Waals surface area contributed by atoms with E-state index in [0.29, 0.717) is 0 Å². The summed E-state index contributed by atoms with van der Waals surface area (Å²) in [7, 11) is 0. The van der Waals surface area contributed by atoms with E-state index in [1.165, 1.54) is 22.2 Å².